The fraction of sp³-hybridized carbons (Fsp3) is 0.500. The zero-order chi connectivity index (χ0) is 17.3. The molecule has 2 fully saturated rings. The van der Waals surface area contributed by atoms with E-state index in [9.17, 15) is 4.79 Å². The van der Waals surface area contributed by atoms with E-state index in [-0.39, 0.29) is 23.4 Å². The molecule has 1 unspecified atom stereocenters. The second-order valence-corrected chi connectivity index (χ2v) is 6.88. The zero-order valence-corrected chi connectivity index (χ0v) is 14.3. The lowest BCUT2D eigenvalue weighted by Gasteiger charge is -2.39. The minimum Gasteiger partial charge on any atom is -0.381 e. The van der Waals surface area contributed by atoms with E-state index in [1.807, 2.05) is 30.3 Å². The lowest BCUT2D eigenvalue weighted by molar-refractivity contribution is 0.00177. The van der Waals surface area contributed by atoms with E-state index < -0.39 is 0 Å². The van der Waals surface area contributed by atoms with E-state index >= 15 is 0 Å². The summed E-state index contributed by atoms with van der Waals surface area (Å²) in [6.45, 7) is 2.40. The number of likely N-dealkylation sites (N-methyl/N-ethyl adjacent to an activating group) is 1. The third-order valence-electron chi connectivity index (χ3n) is 5.34. The number of aromatic nitrogens is 2. The molecule has 7 nitrogen and oxygen atoms in total. The molecule has 1 N–H and O–H groups in total. The Labute approximate surface area is 146 Å². The number of ether oxygens (including phenoxy) is 1. The molecule has 1 aromatic heterocycles. The normalized spacial score (nSPS) is 23.0. The van der Waals surface area contributed by atoms with E-state index in [2.05, 4.69) is 27.4 Å². The quantitative estimate of drug-likeness (QED) is 0.915. The monoisotopic (exact) mass is 342 g/mol. The largest absolute Gasteiger partial charge is 0.381 e. The highest BCUT2D eigenvalue weighted by Crippen LogP contribution is 2.36. The molecule has 132 valence electrons. The lowest BCUT2D eigenvalue weighted by Crippen LogP contribution is -2.45. The first-order chi connectivity index (χ1) is 12.2. The van der Waals surface area contributed by atoms with Crippen LogP contribution in [0, 0.1) is 0 Å². The van der Waals surface area contributed by atoms with Gasteiger partial charge in [-0.3, -0.25) is 9.69 Å². The second-order valence-electron chi connectivity index (χ2n) is 6.88. The van der Waals surface area contributed by atoms with Gasteiger partial charge in [-0.2, -0.15) is 4.98 Å². The Hall–Kier alpha value is -2.25. The van der Waals surface area contributed by atoms with Crippen LogP contribution in [0.15, 0.2) is 34.9 Å². The topological polar surface area (TPSA) is 80.5 Å². The second kappa shape index (κ2) is 6.57. The molecular weight excluding hydrogens is 320 g/mol. The molecule has 1 amide bonds. The van der Waals surface area contributed by atoms with E-state index in [0.717, 1.165) is 44.6 Å². The molecule has 2 saturated heterocycles. The number of amides is 1. The fourth-order valence-corrected chi connectivity index (χ4v) is 3.90. The number of nitrogens with one attached hydrogen (secondary N) is 1. The summed E-state index contributed by atoms with van der Waals surface area (Å²) in [6.07, 6.45) is 2.95. The third kappa shape index (κ3) is 3.17. The number of benzene rings is 1. The van der Waals surface area contributed by atoms with Gasteiger partial charge in [0, 0.05) is 36.9 Å². The number of hydrogen-bond acceptors (Lipinski definition) is 6. The maximum absolute atomic E-state index is 12.5. The minimum atomic E-state index is -0.308. The van der Waals surface area contributed by atoms with Crippen LogP contribution >= 0.6 is 0 Å². The van der Waals surface area contributed by atoms with Crippen molar-refractivity contribution < 1.29 is 14.1 Å². The van der Waals surface area contributed by atoms with Crippen LogP contribution < -0.4 is 5.32 Å². The number of carbonyl (C=O) groups excluding carboxylic acids is 1. The molecule has 2 aliphatic heterocycles. The van der Waals surface area contributed by atoms with Crippen LogP contribution in [0.3, 0.4) is 0 Å². The maximum Gasteiger partial charge on any atom is 0.316 e. The molecule has 3 heterocycles. The Morgan fingerprint density at radius 3 is 2.80 bits per heavy atom. The standard InChI is InChI=1S/C18H22N4O3/c1-22-12-14(11-18(22)7-9-24-10-8-18)19-16(23)17-20-15(21-25-17)13-5-3-2-4-6-13/h2-6,14H,7-12H2,1H3,(H,19,23). The SMILES string of the molecule is CN1CC(NC(=O)c2nc(-c3ccccc3)no2)CC12CCOCC2. The molecular formula is C18H22N4O3. The molecule has 0 aliphatic carbocycles. The van der Waals surface area contributed by atoms with Gasteiger partial charge in [-0.25, -0.2) is 0 Å². The van der Waals surface area contributed by atoms with E-state index in [4.69, 9.17) is 9.26 Å². The van der Waals surface area contributed by atoms with E-state index in [1.165, 1.54) is 0 Å². The molecule has 0 radical (unpaired) electrons. The summed E-state index contributed by atoms with van der Waals surface area (Å²) in [5, 5.41) is 6.95. The zero-order valence-electron chi connectivity index (χ0n) is 14.3. The van der Waals surface area contributed by atoms with Crippen molar-refractivity contribution in [2.45, 2.75) is 30.8 Å². The van der Waals surface area contributed by atoms with Crippen molar-refractivity contribution in [1.82, 2.24) is 20.4 Å². The van der Waals surface area contributed by atoms with Crippen LogP contribution in [0.5, 0.6) is 0 Å². The summed E-state index contributed by atoms with van der Waals surface area (Å²) in [5.74, 6) is 0.127. The summed E-state index contributed by atoms with van der Waals surface area (Å²) in [6, 6.07) is 9.56. The Morgan fingerprint density at radius 1 is 1.28 bits per heavy atom. The average Bonchev–Trinajstić information content (AvgIpc) is 3.23. The summed E-state index contributed by atoms with van der Waals surface area (Å²) in [5.41, 5.74) is 0.965. The van der Waals surface area contributed by atoms with Crippen LogP contribution in [0.4, 0.5) is 0 Å². The predicted octanol–water partition coefficient (Wildman–Crippen LogP) is 1.72. The fourth-order valence-electron chi connectivity index (χ4n) is 3.90. The highest BCUT2D eigenvalue weighted by Gasteiger charge is 2.45. The number of hydrogen-bond donors (Lipinski definition) is 1. The Bertz CT molecular complexity index is 740. The van der Waals surface area contributed by atoms with Crippen LogP contribution in [-0.2, 0) is 4.74 Å². The van der Waals surface area contributed by atoms with E-state index in [0.29, 0.717) is 5.82 Å². The van der Waals surface area contributed by atoms with Crippen molar-refractivity contribution in [3.63, 3.8) is 0 Å². The molecule has 7 heteroatoms. The molecule has 4 rings (SSSR count). The van der Waals surface area contributed by atoms with Gasteiger partial charge in [-0.15, -0.1) is 0 Å². The van der Waals surface area contributed by atoms with Crippen molar-refractivity contribution >= 4 is 5.91 Å². The van der Waals surface area contributed by atoms with Gasteiger partial charge >= 0.3 is 11.8 Å². The number of nitrogens with zero attached hydrogens (tertiary/aromatic N) is 3. The lowest BCUT2D eigenvalue weighted by atomic mass is 9.86. The predicted molar refractivity (Wildman–Crippen MR) is 91.0 cm³/mol. The van der Waals surface area contributed by atoms with Gasteiger partial charge in [0.05, 0.1) is 0 Å². The molecule has 1 atom stereocenters. The van der Waals surface area contributed by atoms with Crippen molar-refractivity contribution in [2.75, 3.05) is 26.8 Å². The maximum atomic E-state index is 12.5. The average molecular weight is 342 g/mol. The van der Waals surface area contributed by atoms with Gasteiger partial charge in [-0.05, 0) is 26.3 Å². The molecule has 0 saturated carbocycles. The highest BCUT2D eigenvalue weighted by atomic mass is 16.5. The summed E-state index contributed by atoms with van der Waals surface area (Å²) in [7, 11) is 2.12. The van der Waals surface area contributed by atoms with Crippen LogP contribution in [0.1, 0.15) is 29.9 Å². The molecule has 25 heavy (non-hydrogen) atoms. The first kappa shape index (κ1) is 16.2. The Morgan fingerprint density at radius 2 is 2.04 bits per heavy atom. The van der Waals surface area contributed by atoms with Gasteiger partial charge < -0.3 is 14.6 Å². The van der Waals surface area contributed by atoms with Gasteiger partial charge in [0.15, 0.2) is 0 Å². The summed E-state index contributed by atoms with van der Waals surface area (Å²) >= 11 is 0. The minimum absolute atomic E-state index is 0.00873. The summed E-state index contributed by atoms with van der Waals surface area (Å²) < 4.78 is 10.6. The first-order valence-corrected chi connectivity index (χ1v) is 8.65. The molecule has 2 aliphatic rings. The number of rotatable bonds is 3. The Kier molecular flexibility index (Phi) is 4.27. The summed E-state index contributed by atoms with van der Waals surface area (Å²) in [4.78, 5) is 19.0. The van der Waals surface area contributed by atoms with Gasteiger partial charge in [0.2, 0.25) is 5.82 Å². The van der Waals surface area contributed by atoms with Crippen LogP contribution in [0.25, 0.3) is 11.4 Å². The van der Waals surface area contributed by atoms with Gasteiger partial charge in [0.25, 0.3) is 0 Å². The smallest absolute Gasteiger partial charge is 0.316 e. The third-order valence-corrected chi connectivity index (χ3v) is 5.34. The number of likely N-dealkylation sites (tertiary alicyclic amines) is 1. The molecule has 0 bridgehead atoms. The number of carbonyl (C=O) groups is 1. The van der Waals surface area contributed by atoms with Crippen molar-refractivity contribution in [3.05, 3.63) is 36.2 Å². The molecule has 2 aromatic rings. The van der Waals surface area contributed by atoms with Crippen molar-refractivity contribution in [3.8, 4) is 11.4 Å². The van der Waals surface area contributed by atoms with Crippen molar-refractivity contribution in [2.24, 2.45) is 0 Å². The van der Waals surface area contributed by atoms with Crippen molar-refractivity contribution in [1.29, 1.82) is 0 Å². The van der Waals surface area contributed by atoms with Gasteiger partial charge in [0.1, 0.15) is 0 Å². The Balaban J connectivity index is 1.42. The van der Waals surface area contributed by atoms with E-state index in [1.54, 1.807) is 0 Å². The first-order valence-electron chi connectivity index (χ1n) is 8.65. The van der Waals surface area contributed by atoms with Crippen LogP contribution in [-0.4, -0.2) is 59.3 Å². The molecule has 1 spiro atoms. The molecule has 1 aromatic carbocycles. The van der Waals surface area contributed by atoms with Crippen LogP contribution in [0.2, 0.25) is 0 Å². The van der Waals surface area contributed by atoms with Gasteiger partial charge in [-0.1, -0.05) is 35.5 Å². The highest BCUT2D eigenvalue weighted by molar-refractivity contribution is 5.90.